The highest BCUT2D eigenvalue weighted by Crippen LogP contribution is 2.37. The molecule has 0 unspecified atom stereocenters. The van der Waals surface area contributed by atoms with E-state index >= 15 is 0 Å². The zero-order valence-electron chi connectivity index (χ0n) is 11.1. The van der Waals surface area contributed by atoms with Gasteiger partial charge < -0.3 is 15.3 Å². The standard InChI is InChI=1S/C13H22N2O3/c1-8(2)10-7-11(10)14-13(18)15-5-3-9(4-6-15)12(16)17/h8-11H,3-7H2,1-2H3,(H,14,18)(H,16,17)/t10-,11+/m0/s1. The minimum atomic E-state index is -0.739. The summed E-state index contributed by atoms with van der Waals surface area (Å²) in [6.07, 6.45) is 2.22. The first-order valence-electron chi connectivity index (χ1n) is 6.77. The van der Waals surface area contributed by atoms with E-state index in [9.17, 15) is 9.59 Å². The number of aliphatic carboxylic acids is 1. The van der Waals surface area contributed by atoms with Gasteiger partial charge in [-0.3, -0.25) is 4.79 Å². The van der Waals surface area contributed by atoms with Crippen LogP contribution < -0.4 is 5.32 Å². The van der Waals surface area contributed by atoms with Crippen molar-refractivity contribution in [3.8, 4) is 0 Å². The molecule has 0 bridgehead atoms. The normalized spacial score (nSPS) is 28.3. The van der Waals surface area contributed by atoms with Crippen LogP contribution in [0.2, 0.25) is 0 Å². The summed E-state index contributed by atoms with van der Waals surface area (Å²) in [7, 11) is 0. The van der Waals surface area contributed by atoms with Crippen LogP contribution in [0.3, 0.4) is 0 Å². The first kappa shape index (κ1) is 13.2. The van der Waals surface area contributed by atoms with E-state index in [1.54, 1.807) is 4.90 Å². The summed E-state index contributed by atoms with van der Waals surface area (Å²) in [6, 6.07) is 0.307. The maximum absolute atomic E-state index is 12.0. The second-order valence-electron chi connectivity index (χ2n) is 5.80. The fraction of sp³-hybridized carbons (Fsp3) is 0.846. The third kappa shape index (κ3) is 2.94. The number of rotatable bonds is 3. The van der Waals surface area contributed by atoms with Crippen molar-refractivity contribution in [2.45, 2.75) is 39.2 Å². The number of amides is 2. The lowest BCUT2D eigenvalue weighted by Gasteiger charge is -2.30. The molecular formula is C13H22N2O3. The van der Waals surface area contributed by atoms with Crippen LogP contribution in [-0.4, -0.2) is 41.1 Å². The van der Waals surface area contributed by atoms with E-state index in [0.29, 0.717) is 43.8 Å². The summed E-state index contributed by atoms with van der Waals surface area (Å²) in [5.74, 6) is 0.217. The SMILES string of the molecule is CC(C)[C@@H]1C[C@H]1NC(=O)N1CCC(C(=O)O)CC1. The van der Waals surface area contributed by atoms with Gasteiger partial charge >= 0.3 is 12.0 Å². The molecular weight excluding hydrogens is 232 g/mol. The van der Waals surface area contributed by atoms with Crippen LogP contribution in [0.5, 0.6) is 0 Å². The van der Waals surface area contributed by atoms with Gasteiger partial charge in [-0.15, -0.1) is 0 Å². The molecule has 0 radical (unpaired) electrons. The number of carboxylic acid groups (broad SMARTS) is 1. The molecule has 2 atom stereocenters. The third-order valence-corrected chi connectivity index (χ3v) is 4.14. The molecule has 1 heterocycles. The summed E-state index contributed by atoms with van der Waals surface area (Å²) >= 11 is 0. The van der Waals surface area contributed by atoms with E-state index < -0.39 is 5.97 Å². The van der Waals surface area contributed by atoms with Crippen molar-refractivity contribution in [2.75, 3.05) is 13.1 Å². The summed E-state index contributed by atoms with van der Waals surface area (Å²) in [4.78, 5) is 24.5. The van der Waals surface area contributed by atoms with E-state index in [0.717, 1.165) is 6.42 Å². The van der Waals surface area contributed by atoms with Crippen molar-refractivity contribution in [1.29, 1.82) is 0 Å². The molecule has 2 amide bonds. The highest BCUT2D eigenvalue weighted by molar-refractivity contribution is 5.76. The Labute approximate surface area is 108 Å². The molecule has 2 aliphatic rings. The Kier molecular flexibility index (Phi) is 3.78. The second kappa shape index (κ2) is 5.16. The Balaban J connectivity index is 1.73. The molecule has 0 spiro atoms. The number of likely N-dealkylation sites (tertiary alicyclic amines) is 1. The number of hydrogen-bond acceptors (Lipinski definition) is 2. The number of nitrogens with one attached hydrogen (secondary N) is 1. The lowest BCUT2D eigenvalue weighted by atomic mass is 9.97. The van der Waals surface area contributed by atoms with Crippen LogP contribution in [0.1, 0.15) is 33.1 Å². The molecule has 2 N–H and O–H groups in total. The summed E-state index contributed by atoms with van der Waals surface area (Å²) in [6.45, 7) is 5.47. The van der Waals surface area contributed by atoms with Gasteiger partial charge in [-0.25, -0.2) is 4.79 Å². The highest BCUT2D eigenvalue weighted by Gasteiger charge is 2.41. The van der Waals surface area contributed by atoms with Gasteiger partial charge in [0.25, 0.3) is 0 Å². The van der Waals surface area contributed by atoms with Crippen LogP contribution in [0.25, 0.3) is 0 Å². The van der Waals surface area contributed by atoms with E-state index in [4.69, 9.17) is 5.11 Å². The van der Waals surface area contributed by atoms with Crippen LogP contribution in [0, 0.1) is 17.8 Å². The van der Waals surface area contributed by atoms with E-state index in [-0.39, 0.29) is 11.9 Å². The average Bonchev–Trinajstić information content (AvgIpc) is 3.08. The fourth-order valence-corrected chi connectivity index (χ4v) is 2.70. The molecule has 0 aromatic heterocycles. The Hall–Kier alpha value is -1.26. The molecule has 5 heteroatoms. The largest absolute Gasteiger partial charge is 0.481 e. The van der Waals surface area contributed by atoms with Gasteiger partial charge in [0, 0.05) is 19.1 Å². The van der Waals surface area contributed by atoms with Gasteiger partial charge in [0.05, 0.1) is 5.92 Å². The summed E-state index contributed by atoms with van der Waals surface area (Å²) in [5.41, 5.74) is 0. The monoisotopic (exact) mass is 254 g/mol. The van der Waals surface area contributed by atoms with Crippen molar-refractivity contribution in [3.05, 3.63) is 0 Å². The number of carbonyl (C=O) groups excluding carboxylic acids is 1. The third-order valence-electron chi connectivity index (χ3n) is 4.14. The van der Waals surface area contributed by atoms with Crippen LogP contribution in [0.4, 0.5) is 4.79 Å². The Morgan fingerprint density at radius 2 is 1.89 bits per heavy atom. The lowest BCUT2D eigenvalue weighted by Crippen LogP contribution is -2.46. The lowest BCUT2D eigenvalue weighted by molar-refractivity contribution is -0.143. The second-order valence-corrected chi connectivity index (χ2v) is 5.80. The quantitative estimate of drug-likeness (QED) is 0.802. The first-order chi connectivity index (χ1) is 8.49. The molecule has 18 heavy (non-hydrogen) atoms. The molecule has 102 valence electrons. The Bertz CT molecular complexity index is 335. The van der Waals surface area contributed by atoms with Crippen molar-refractivity contribution in [2.24, 2.45) is 17.8 Å². The average molecular weight is 254 g/mol. The van der Waals surface area contributed by atoms with Gasteiger partial charge in [-0.1, -0.05) is 13.8 Å². The van der Waals surface area contributed by atoms with Crippen LogP contribution in [-0.2, 0) is 4.79 Å². The summed E-state index contributed by atoms with van der Waals surface area (Å²) < 4.78 is 0. The predicted octanol–water partition coefficient (Wildman–Crippen LogP) is 1.54. The minimum absolute atomic E-state index is 0.0213. The Morgan fingerprint density at radius 3 is 2.33 bits per heavy atom. The van der Waals surface area contributed by atoms with Gasteiger partial charge in [-0.05, 0) is 31.1 Å². The van der Waals surface area contributed by atoms with E-state index in [2.05, 4.69) is 19.2 Å². The number of piperidine rings is 1. The van der Waals surface area contributed by atoms with Gasteiger partial charge in [-0.2, -0.15) is 0 Å². The number of hydrogen-bond donors (Lipinski definition) is 2. The molecule has 1 saturated heterocycles. The van der Waals surface area contributed by atoms with E-state index in [1.165, 1.54) is 0 Å². The molecule has 0 aromatic carbocycles. The van der Waals surface area contributed by atoms with Crippen molar-refractivity contribution in [3.63, 3.8) is 0 Å². The number of carbonyl (C=O) groups is 2. The van der Waals surface area contributed by atoms with E-state index in [1.807, 2.05) is 0 Å². The molecule has 1 aliphatic carbocycles. The van der Waals surface area contributed by atoms with Gasteiger partial charge in [0.2, 0.25) is 0 Å². The number of carboxylic acids is 1. The van der Waals surface area contributed by atoms with Crippen molar-refractivity contribution >= 4 is 12.0 Å². The van der Waals surface area contributed by atoms with Crippen LogP contribution in [0.15, 0.2) is 0 Å². The smallest absolute Gasteiger partial charge is 0.317 e. The molecule has 0 aromatic rings. The Morgan fingerprint density at radius 1 is 1.28 bits per heavy atom. The minimum Gasteiger partial charge on any atom is -0.481 e. The zero-order valence-corrected chi connectivity index (χ0v) is 11.1. The zero-order chi connectivity index (χ0) is 13.3. The molecule has 1 aliphatic heterocycles. The number of urea groups is 1. The molecule has 2 rings (SSSR count). The number of nitrogens with zero attached hydrogens (tertiary/aromatic N) is 1. The first-order valence-corrected chi connectivity index (χ1v) is 6.77. The van der Waals surface area contributed by atoms with Crippen molar-refractivity contribution < 1.29 is 14.7 Å². The fourth-order valence-electron chi connectivity index (χ4n) is 2.70. The van der Waals surface area contributed by atoms with Crippen molar-refractivity contribution in [1.82, 2.24) is 10.2 Å². The molecule has 2 fully saturated rings. The summed E-state index contributed by atoms with van der Waals surface area (Å²) in [5, 5.41) is 11.9. The van der Waals surface area contributed by atoms with Gasteiger partial charge in [0.1, 0.15) is 0 Å². The molecule has 5 nitrogen and oxygen atoms in total. The maximum Gasteiger partial charge on any atom is 0.317 e. The van der Waals surface area contributed by atoms with Crippen LogP contribution >= 0.6 is 0 Å². The predicted molar refractivity (Wildman–Crippen MR) is 67.2 cm³/mol. The molecule has 1 saturated carbocycles. The highest BCUT2D eigenvalue weighted by atomic mass is 16.4. The maximum atomic E-state index is 12.0. The topological polar surface area (TPSA) is 69.6 Å². The van der Waals surface area contributed by atoms with Gasteiger partial charge in [0.15, 0.2) is 0 Å².